The zero-order chi connectivity index (χ0) is 28.8. The zero-order valence-electron chi connectivity index (χ0n) is 20.8. The quantitative estimate of drug-likeness (QED) is 0.170. The highest BCUT2D eigenvalue weighted by Crippen LogP contribution is 2.27. The molecule has 0 saturated carbocycles. The van der Waals surface area contributed by atoms with Crippen LogP contribution in [0.3, 0.4) is 0 Å². The van der Waals surface area contributed by atoms with E-state index >= 15 is 0 Å². The standard InChI is InChI=1S/C27H21N5O8/c1-14(34)24(26(37)28-19-7-4-16-10-23(35)30-22(16)12-19)32-31-18-5-2-15(3-6-18)25(36)29-20-8-17(27(38)39)9-21(11-20)40-13-33/h2-9,11-13,24H,10H2,1H3,(H,28,37)(H,29,36)(H,30,35)(H,38,39). The van der Waals surface area contributed by atoms with Gasteiger partial charge in [-0.2, -0.15) is 10.2 Å². The molecule has 1 aliphatic rings. The Bertz CT molecular complexity index is 1570. The molecule has 4 rings (SSSR count). The van der Waals surface area contributed by atoms with Crippen LogP contribution in [-0.2, 0) is 25.6 Å². The van der Waals surface area contributed by atoms with E-state index in [4.69, 9.17) is 0 Å². The van der Waals surface area contributed by atoms with Gasteiger partial charge in [0.2, 0.25) is 11.9 Å². The Hall–Kier alpha value is -5.72. The van der Waals surface area contributed by atoms with Crippen LogP contribution < -0.4 is 20.7 Å². The molecule has 3 aromatic rings. The van der Waals surface area contributed by atoms with Gasteiger partial charge in [-0.05, 0) is 61.0 Å². The molecule has 40 heavy (non-hydrogen) atoms. The number of fused-ring (bicyclic) bond motifs is 1. The Morgan fingerprint density at radius 1 is 0.975 bits per heavy atom. The molecule has 0 saturated heterocycles. The van der Waals surface area contributed by atoms with E-state index < -0.39 is 29.6 Å². The monoisotopic (exact) mass is 543 g/mol. The maximum absolute atomic E-state index is 12.7. The number of rotatable bonds is 10. The van der Waals surface area contributed by atoms with Crippen LogP contribution in [0.15, 0.2) is 70.9 Å². The van der Waals surface area contributed by atoms with E-state index in [1.807, 2.05) is 0 Å². The lowest BCUT2D eigenvalue weighted by atomic mass is 10.1. The second-order valence-electron chi connectivity index (χ2n) is 8.58. The lowest BCUT2D eigenvalue weighted by molar-refractivity contribution is -0.126. The first kappa shape index (κ1) is 27.3. The van der Waals surface area contributed by atoms with E-state index in [1.165, 1.54) is 43.3 Å². The number of carbonyl (C=O) groups excluding carboxylic acids is 5. The molecule has 0 radical (unpaired) electrons. The summed E-state index contributed by atoms with van der Waals surface area (Å²) in [4.78, 5) is 70.9. The van der Waals surface area contributed by atoms with Gasteiger partial charge in [-0.25, -0.2) is 4.79 Å². The number of nitrogens with one attached hydrogen (secondary N) is 3. The highest BCUT2D eigenvalue weighted by Gasteiger charge is 2.24. The second-order valence-corrected chi connectivity index (χ2v) is 8.58. The molecule has 1 atom stereocenters. The van der Waals surface area contributed by atoms with Crippen molar-refractivity contribution in [3.63, 3.8) is 0 Å². The van der Waals surface area contributed by atoms with E-state index in [2.05, 4.69) is 30.9 Å². The lowest BCUT2D eigenvalue weighted by Gasteiger charge is -2.10. The third kappa shape index (κ3) is 6.58. The third-order valence-electron chi connectivity index (χ3n) is 5.65. The van der Waals surface area contributed by atoms with E-state index in [-0.39, 0.29) is 47.1 Å². The normalized spacial score (nSPS) is 12.7. The highest BCUT2D eigenvalue weighted by atomic mass is 16.5. The smallest absolute Gasteiger partial charge is 0.335 e. The van der Waals surface area contributed by atoms with Crippen LogP contribution in [0.2, 0.25) is 0 Å². The summed E-state index contributed by atoms with van der Waals surface area (Å²) < 4.78 is 4.69. The number of aromatic carboxylic acids is 1. The Morgan fingerprint density at radius 2 is 1.73 bits per heavy atom. The summed E-state index contributed by atoms with van der Waals surface area (Å²) in [7, 11) is 0. The number of carboxylic acid groups (broad SMARTS) is 1. The predicted octanol–water partition coefficient (Wildman–Crippen LogP) is 3.35. The second kappa shape index (κ2) is 11.8. The van der Waals surface area contributed by atoms with Crippen LogP contribution >= 0.6 is 0 Å². The van der Waals surface area contributed by atoms with Crippen LogP contribution in [-0.4, -0.2) is 47.1 Å². The molecule has 1 aliphatic heterocycles. The number of amides is 3. The Balaban J connectivity index is 1.42. The van der Waals surface area contributed by atoms with E-state index in [0.717, 1.165) is 11.6 Å². The number of anilines is 3. The molecule has 4 N–H and O–H groups in total. The summed E-state index contributed by atoms with van der Waals surface area (Å²) in [5.74, 6) is -3.34. The number of carboxylic acids is 1. The third-order valence-corrected chi connectivity index (χ3v) is 5.65. The summed E-state index contributed by atoms with van der Waals surface area (Å²) in [6.07, 6.45) is 0.253. The molecule has 1 unspecified atom stereocenters. The molecular formula is C27H21N5O8. The van der Waals surface area contributed by atoms with Crippen molar-refractivity contribution < 1.29 is 38.6 Å². The first-order valence-corrected chi connectivity index (χ1v) is 11.7. The molecule has 202 valence electrons. The summed E-state index contributed by atoms with van der Waals surface area (Å²) >= 11 is 0. The average Bonchev–Trinajstić information content (AvgIpc) is 3.28. The van der Waals surface area contributed by atoms with Gasteiger partial charge in [0.25, 0.3) is 18.3 Å². The van der Waals surface area contributed by atoms with Gasteiger partial charge in [0.05, 0.1) is 17.7 Å². The number of benzene rings is 3. The molecular weight excluding hydrogens is 522 g/mol. The molecule has 1 heterocycles. The van der Waals surface area contributed by atoms with Gasteiger partial charge in [-0.3, -0.25) is 24.0 Å². The molecule has 13 nitrogen and oxygen atoms in total. The molecule has 0 aliphatic carbocycles. The average molecular weight is 543 g/mol. The van der Waals surface area contributed by atoms with Gasteiger partial charge in [0, 0.05) is 28.7 Å². The van der Waals surface area contributed by atoms with Gasteiger partial charge in [0.15, 0.2) is 5.78 Å². The number of hydrogen-bond donors (Lipinski definition) is 4. The van der Waals surface area contributed by atoms with Crippen LogP contribution in [0, 0.1) is 0 Å². The van der Waals surface area contributed by atoms with Gasteiger partial charge in [-0.15, -0.1) is 0 Å². The van der Waals surface area contributed by atoms with Crippen LogP contribution in [0.4, 0.5) is 22.7 Å². The summed E-state index contributed by atoms with van der Waals surface area (Å²) in [5, 5.41) is 24.8. The van der Waals surface area contributed by atoms with Crippen molar-refractivity contribution in [1.29, 1.82) is 0 Å². The van der Waals surface area contributed by atoms with Crippen molar-refractivity contribution in [3.05, 3.63) is 77.4 Å². The first-order valence-electron chi connectivity index (χ1n) is 11.7. The van der Waals surface area contributed by atoms with Crippen LogP contribution in [0.25, 0.3) is 0 Å². The van der Waals surface area contributed by atoms with Crippen molar-refractivity contribution in [2.45, 2.75) is 19.4 Å². The van der Waals surface area contributed by atoms with E-state index in [1.54, 1.807) is 18.2 Å². The van der Waals surface area contributed by atoms with Gasteiger partial charge in [-0.1, -0.05) is 6.07 Å². The van der Waals surface area contributed by atoms with E-state index in [0.29, 0.717) is 11.4 Å². The highest BCUT2D eigenvalue weighted by molar-refractivity contribution is 6.10. The fourth-order valence-corrected chi connectivity index (χ4v) is 3.75. The topological polar surface area (TPSA) is 193 Å². The fraction of sp³-hybridized carbons (Fsp3) is 0.111. The molecule has 0 bridgehead atoms. The molecule has 13 heteroatoms. The SMILES string of the molecule is CC(=O)C(N=Nc1ccc(C(=O)Nc2cc(OC=O)cc(C(=O)O)c2)cc1)C(=O)Nc1ccc2c(c1)NC(=O)C2. The van der Waals surface area contributed by atoms with Gasteiger partial charge < -0.3 is 25.8 Å². The minimum Gasteiger partial charge on any atom is -0.478 e. The molecule has 3 amide bonds. The van der Waals surface area contributed by atoms with Crippen LogP contribution in [0.1, 0.15) is 33.2 Å². The minimum atomic E-state index is -1.44. The summed E-state index contributed by atoms with van der Waals surface area (Å²) in [5.41, 5.74) is 2.09. The molecule has 0 aromatic heterocycles. The summed E-state index contributed by atoms with van der Waals surface area (Å²) in [6.45, 7) is 1.33. The number of carbonyl (C=O) groups is 6. The Kier molecular flexibility index (Phi) is 8.04. The number of azo groups is 1. The number of ketones is 1. The Labute approximate surface area is 226 Å². The van der Waals surface area contributed by atoms with E-state index in [9.17, 15) is 33.9 Å². The number of Topliss-reactive ketones (excluding diaryl/α,β-unsaturated/α-hetero) is 1. The van der Waals surface area contributed by atoms with Crippen molar-refractivity contribution >= 4 is 58.7 Å². The van der Waals surface area contributed by atoms with Crippen molar-refractivity contribution in [3.8, 4) is 5.75 Å². The maximum Gasteiger partial charge on any atom is 0.335 e. The summed E-state index contributed by atoms with van der Waals surface area (Å²) in [6, 6.07) is 12.8. The lowest BCUT2D eigenvalue weighted by Crippen LogP contribution is -2.31. The fourth-order valence-electron chi connectivity index (χ4n) is 3.75. The number of hydrogen-bond acceptors (Lipinski definition) is 9. The first-order chi connectivity index (χ1) is 19.1. The maximum atomic E-state index is 12.7. The van der Waals surface area contributed by atoms with Crippen molar-refractivity contribution in [2.24, 2.45) is 10.2 Å². The minimum absolute atomic E-state index is 0.0621. The molecule has 0 fully saturated rings. The van der Waals surface area contributed by atoms with Crippen LogP contribution in [0.5, 0.6) is 5.75 Å². The Morgan fingerprint density at radius 3 is 2.40 bits per heavy atom. The largest absolute Gasteiger partial charge is 0.478 e. The number of ether oxygens (including phenoxy) is 1. The predicted molar refractivity (Wildman–Crippen MR) is 141 cm³/mol. The van der Waals surface area contributed by atoms with Crippen molar-refractivity contribution in [1.82, 2.24) is 0 Å². The zero-order valence-corrected chi connectivity index (χ0v) is 20.8. The van der Waals surface area contributed by atoms with Gasteiger partial charge in [0.1, 0.15) is 5.75 Å². The number of nitrogens with zero attached hydrogens (tertiary/aromatic N) is 2. The van der Waals surface area contributed by atoms with Gasteiger partial charge >= 0.3 is 5.97 Å². The van der Waals surface area contributed by atoms with Crippen molar-refractivity contribution in [2.75, 3.05) is 16.0 Å². The molecule has 0 spiro atoms. The molecule has 3 aromatic carbocycles.